The van der Waals surface area contributed by atoms with Gasteiger partial charge in [-0.2, -0.15) is 0 Å². The van der Waals surface area contributed by atoms with E-state index in [1.54, 1.807) is 6.92 Å². The second-order valence-electron chi connectivity index (χ2n) is 6.53. The number of oxime groups is 1. The highest BCUT2D eigenvalue weighted by Gasteiger charge is 2.56. The van der Waals surface area contributed by atoms with E-state index in [4.69, 9.17) is 4.84 Å². The van der Waals surface area contributed by atoms with Crippen molar-refractivity contribution in [2.24, 2.45) is 11.1 Å². The Morgan fingerprint density at radius 2 is 1.69 bits per heavy atom. The van der Waals surface area contributed by atoms with Crippen LogP contribution in [-0.4, -0.2) is 33.5 Å². The minimum absolute atomic E-state index is 0.124. The van der Waals surface area contributed by atoms with Gasteiger partial charge in [0.1, 0.15) is 11.6 Å². The zero-order valence-corrected chi connectivity index (χ0v) is 14.8. The van der Waals surface area contributed by atoms with Crippen LogP contribution in [0.1, 0.15) is 11.1 Å². The highest BCUT2D eigenvalue weighted by molar-refractivity contribution is 6.32. The Balaban J connectivity index is 1.70. The minimum Gasteiger partial charge on any atom is -0.381 e. The smallest absolute Gasteiger partial charge is 0.278 e. The quantitative estimate of drug-likeness (QED) is 0.437. The van der Waals surface area contributed by atoms with Crippen LogP contribution in [-0.2, 0) is 14.4 Å². The van der Waals surface area contributed by atoms with E-state index in [-0.39, 0.29) is 22.8 Å². The van der Waals surface area contributed by atoms with Crippen molar-refractivity contribution in [2.75, 3.05) is 4.90 Å². The summed E-state index contributed by atoms with van der Waals surface area (Å²) in [4.78, 5) is 52.7. The van der Waals surface area contributed by atoms with Crippen LogP contribution >= 0.6 is 0 Å². The van der Waals surface area contributed by atoms with E-state index in [0.717, 1.165) is 4.90 Å². The maximum absolute atomic E-state index is 13.0. The van der Waals surface area contributed by atoms with E-state index < -0.39 is 33.7 Å². The maximum atomic E-state index is 13.0. The number of hydrogen-bond acceptors (Lipinski definition) is 8. The maximum Gasteiger partial charge on any atom is 0.278 e. The van der Waals surface area contributed by atoms with Crippen LogP contribution in [0.4, 0.5) is 17.1 Å². The SMILES string of the molecule is Cc1cc([N+](=O)[O-])ccc1N1C(=O)[C@H]2C(c3cccc([N+](=O)[O-])c3)=NO[C@@H]2C1=O. The first-order valence-electron chi connectivity index (χ1n) is 8.41. The third-order valence-corrected chi connectivity index (χ3v) is 4.80. The molecule has 0 N–H and O–H groups in total. The van der Waals surface area contributed by atoms with Crippen molar-refractivity contribution in [1.29, 1.82) is 0 Å². The van der Waals surface area contributed by atoms with E-state index in [2.05, 4.69) is 5.16 Å². The fourth-order valence-electron chi connectivity index (χ4n) is 3.44. The number of aryl methyl sites for hydroxylation is 1. The molecular formula is C18H12N4O7. The van der Waals surface area contributed by atoms with Crippen LogP contribution in [0.5, 0.6) is 0 Å². The zero-order valence-electron chi connectivity index (χ0n) is 14.8. The number of nitro groups is 2. The van der Waals surface area contributed by atoms with Crippen LogP contribution < -0.4 is 4.90 Å². The van der Waals surface area contributed by atoms with Gasteiger partial charge in [0.2, 0.25) is 12.0 Å². The summed E-state index contributed by atoms with van der Waals surface area (Å²) in [5.41, 5.74) is 0.653. The molecule has 2 amide bonds. The van der Waals surface area contributed by atoms with E-state index in [1.807, 2.05) is 0 Å². The average molecular weight is 396 g/mol. The number of fused-ring (bicyclic) bond motifs is 1. The third kappa shape index (κ3) is 2.79. The summed E-state index contributed by atoms with van der Waals surface area (Å²) >= 11 is 0. The number of benzene rings is 2. The lowest BCUT2D eigenvalue weighted by Gasteiger charge is -2.17. The van der Waals surface area contributed by atoms with Gasteiger partial charge in [-0.05, 0) is 18.6 Å². The van der Waals surface area contributed by atoms with Gasteiger partial charge in [-0.25, -0.2) is 4.90 Å². The van der Waals surface area contributed by atoms with Gasteiger partial charge in [-0.3, -0.25) is 29.8 Å². The highest BCUT2D eigenvalue weighted by Crippen LogP contribution is 2.37. The van der Waals surface area contributed by atoms with E-state index in [9.17, 15) is 29.8 Å². The molecule has 29 heavy (non-hydrogen) atoms. The molecule has 146 valence electrons. The Morgan fingerprint density at radius 3 is 2.34 bits per heavy atom. The highest BCUT2D eigenvalue weighted by atomic mass is 16.7. The number of non-ortho nitro benzene ring substituents is 2. The number of hydrogen-bond donors (Lipinski definition) is 0. The van der Waals surface area contributed by atoms with Gasteiger partial charge < -0.3 is 4.84 Å². The molecule has 2 aromatic carbocycles. The first-order valence-corrected chi connectivity index (χ1v) is 8.41. The van der Waals surface area contributed by atoms with Crippen molar-refractivity contribution in [2.45, 2.75) is 13.0 Å². The van der Waals surface area contributed by atoms with Gasteiger partial charge in [0, 0.05) is 29.8 Å². The Morgan fingerprint density at radius 1 is 1.00 bits per heavy atom. The van der Waals surface area contributed by atoms with Crippen molar-refractivity contribution >= 4 is 34.6 Å². The molecule has 1 fully saturated rings. The Bertz CT molecular complexity index is 1130. The number of amides is 2. The molecule has 11 nitrogen and oxygen atoms in total. The number of nitrogens with zero attached hydrogens (tertiary/aromatic N) is 4. The Kier molecular flexibility index (Phi) is 4.07. The van der Waals surface area contributed by atoms with Crippen LogP contribution in [0, 0.1) is 33.1 Å². The second kappa shape index (κ2) is 6.48. The molecule has 2 atom stereocenters. The topological polar surface area (TPSA) is 145 Å². The summed E-state index contributed by atoms with van der Waals surface area (Å²) in [5.74, 6) is -2.32. The standard InChI is InChI=1S/C18H12N4O7/c1-9-7-12(22(27)28)5-6-13(9)20-17(23)14-15(19-29-16(14)18(20)24)10-3-2-4-11(8-10)21(25)26/h2-8,14,16H,1H3/t14-,16-/m0/s1. The summed E-state index contributed by atoms with van der Waals surface area (Å²) in [7, 11) is 0. The monoisotopic (exact) mass is 396 g/mol. The van der Waals surface area contributed by atoms with Crippen LogP contribution in [0.3, 0.4) is 0 Å². The predicted octanol–water partition coefficient (Wildman–Crippen LogP) is 2.10. The van der Waals surface area contributed by atoms with Gasteiger partial charge >= 0.3 is 0 Å². The molecule has 2 aliphatic heterocycles. The van der Waals surface area contributed by atoms with Crippen molar-refractivity contribution < 1.29 is 24.3 Å². The van der Waals surface area contributed by atoms with Gasteiger partial charge in [0.15, 0.2) is 0 Å². The molecule has 2 aromatic rings. The molecule has 4 rings (SSSR count). The van der Waals surface area contributed by atoms with Gasteiger partial charge in [0.05, 0.1) is 15.5 Å². The number of anilines is 1. The molecule has 0 bridgehead atoms. The molecule has 0 aliphatic carbocycles. The summed E-state index contributed by atoms with van der Waals surface area (Å²) in [6.07, 6.45) is -1.19. The third-order valence-electron chi connectivity index (χ3n) is 4.80. The van der Waals surface area contributed by atoms with E-state index >= 15 is 0 Å². The second-order valence-corrected chi connectivity index (χ2v) is 6.53. The lowest BCUT2D eigenvalue weighted by atomic mass is 9.94. The molecule has 1 saturated heterocycles. The van der Waals surface area contributed by atoms with Gasteiger partial charge in [-0.1, -0.05) is 17.3 Å². The molecule has 0 unspecified atom stereocenters. The fraction of sp³-hybridized carbons (Fsp3) is 0.167. The number of imide groups is 1. The van der Waals surface area contributed by atoms with E-state index in [0.29, 0.717) is 11.1 Å². The molecule has 2 heterocycles. The van der Waals surface area contributed by atoms with Gasteiger partial charge in [0.25, 0.3) is 17.3 Å². The molecule has 0 radical (unpaired) electrons. The molecule has 0 aromatic heterocycles. The number of nitro benzene ring substituents is 2. The summed E-state index contributed by atoms with van der Waals surface area (Å²) in [6, 6.07) is 9.33. The average Bonchev–Trinajstić information content (AvgIpc) is 3.23. The largest absolute Gasteiger partial charge is 0.381 e. The molecule has 0 saturated carbocycles. The van der Waals surface area contributed by atoms with Crippen molar-refractivity contribution in [3.05, 3.63) is 73.8 Å². The van der Waals surface area contributed by atoms with E-state index in [1.165, 1.54) is 42.5 Å². The summed E-state index contributed by atoms with van der Waals surface area (Å²) in [6.45, 7) is 1.55. The summed E-state index contributed by atoms with van der Waals surface area (Å²) in [5, 5.41) is 25.8. The fourth-order valence-corrected chi connectivity index (χ4v) is 3.44. The lowest BCUT2D eigenvalue weighted by Crippen LogP contribution is -2.33. The number of carbonyl (C=O) groups excluding carboxylic acids is 2. The molecule has 0 spiro atoms. The predicted molar refractivity (Wildman–Crippen MR) is 98.3 cm³/mol. The minimum atomic E-state index is -1.19. The Hall–Kier alpha value is -4.15. The first-order chi connectivity index (χ1) is 13.8. The normalized spacial score (nSPS) is 20.3. The van der Waals surface area contributed by atoms with Gasteiger partial charge in [-0.15, -0.1) is 0 Å². The number of rotatable bonds is 4. The zero-order chi connectivity index (χ0) is 20.9. The summed E-state index contributed by atoms with van der Waals surface area (Å²) < 4.78 is 0. The van der Waals surface area contributed by atoms with Crippen LogP contribution in [0.15, 0.2) is 47.6 Å². The van der Waals surface area contributed by atoms with Crippen molar-refractivity contribution in [1.82, 2.24) is 0 Å². The van der Waals surface area contributed by atoms with Crippen molar-refractivity contribution in [3.63, 3.8) is 0 Å². The molecule has 11 heteroatoms. The Labute approximate surface area is 162 Å². The molecule has 2 aliphatic rings. The first kappa shape index (κ1) is 18.2. The number of carbonyl (C=O) groups is 2. The lowest BCUT2D eigenvalue weighted by molar-refractivity contribution is -0.385. The molecular weight excluding hydrogens is 384 g/mol. The van der Waals surface area contributed by atoms with Crippen molar-refractivity contribution in [3.8, 4) is 0 Å². The van der Waals surface area contributed by atoms with Crippen LogP contribution in [0.25, 0.3) is 0 Å². The van der Waals surface area contributed by atoms with Crippen LogP contribution in [0.2, 0.25) is 0 Å².